The molecule has 0 saturated heterocycles. The Kier molecular flexibility index (Phi) is 3.24. The molecule has 0 radical (unpaired) electrons. The molecule has 1 rings (SSSR count). The molecule has 0 aliphatic carbocycles. The van der Waals surface area contributed by atoms with Gasteiger partial charge in [-0.3, -0.25) is 15.1 Å². The summed E-state index contributed by atoms with van der Waals surface area (Å²) in [5.41, 5.74) is 1.80. The zero-order valence-corrected chi connectivity index (χ0v) is 8.82. The summed E-state index contributed by atoms with van der Waals surface area (Å²) < 4.78 is 46.7. The van der Waals surface area contributed by atoms with Crippen LogP contribution in [0.4, 0.5) is 20.2 Å². The standard InChI is InChI=1S/C6H6F2N4O4S/c7-6(8)4-3(9)5(12(13)14)2(1-11-4)17(10,15)16/h1,6H,9H2,(H2,10,15,16). The first-order chi connectivity index (χ1) is 7.66. The predicted molar refractivity (Wildman–Crippen MR) is 51.6 cm³/mol. The number of nitrogens with zero attached hydrogens (tertiary/aromatic N) is 2. The van der Waals surface area contributed by atoms with Crippen LogP contribution in [-0.2, 0) is 10.0 Å². The van der Waals surface area contributed by atoms with E-state index in [4.69, 9.17) is 5.73 Å². The summed E-state index contributed by atoms with van der Waals surface area (Å²) in [6, 6.07) is 0. The maximum Gasteiger partial charge on any atom is 0.315 e. The molecule has 1 aromatic rings. The van der Waals surface area contributed by atoms with E-state index in [9.17, 15) is 27.3 Å². The van der Waals surface area contributed by atoms with Gasteiger partial charge < -0.3 is 5.73 Å². The van der Waals surface area contributed by atoms with E-state index in [1.165, 1.54) is 0 Å². The lowest BCUT2D eigenvalue weighted by atomic mass is 10.2. The van der Waals surface area contributed by atoms with Crippen LogP contribution in [0.2, 0.25) is 0 Å². The number of nitro groups is 1. The molecule has 1 aromatic heterocycles. The Balaban J connectivity index is 3.69. The van der Waals surface area contributed by atoms with Crippen molar-refractivity contribution in [2.75, 3.05) is 5.73 Å². The van der Waals surface area contributed by atoms with Crippen LogP contribution in [0.5, 0.6) is 0 Å². The molecule has 0 aliphatic rings. The molecule has 17 heavy (non-hydrogen) atoms. The van der Waals surface area contributed by atoms with Gasteiger partial charge in [0, 0.05) is 0 Å². The molecule has 11 heteroatoms. The number of hydrogen-bond donors (Lipinski definition) is 2. The van der Waals surface area contributed by atoms with Crippen molar-refractivity contribution in [2.24, 2.45) is 5.14 Å². The molecule has 0 amide bonds. The molecule has 0 unspecified atom stereocenters. The summed E-state index contributed by atoms with van der Waals surface area (Å²) in [7, 11) is -4.47. The second-order valence-corrected chi connectivity index (χ2v) is 4.40. The molecular formula is C6H6F2N4O4S. The fraction of sp³-hybridized carbons (Fsp3) is 0.167. The van der Waals surface area contributed by atoms with Crippen molar-refractivity contribution >= 4 is 21.4 Å². The number of alkyl halides is 2. The van der Waals surface area contributed by atoms with Crippen LogP contribution in [0.25, 0.3) is 0 Å². The number of halogens is 2. The van der Waals surface area contributed by atoms with Crippen molar-refractivity contribution in [3.8, 4) is 0 Å². The second-order valence-electron chi connectivity index (χ2n) is 2.87. The van der Waals surface area contributed by atoms with Crippen LogP contribution in [0.1, 0.15) is 12.1 Å². The molecule has 94 valence electrons. The Hall–Kier alpha value is -1.88. The molecule has 0 atom stereocenters. The van der Waals surface area contributed by atoms with Gasteiger partial charge in [-0.2, -0.15) is 0 Å². The number of nitrogen functional groups attached to an aromatic ring is 1. The lowest BCUT2D eigenvalue weighted by Gasteiger charge is -2.06. The van der Waals surface area contributed by atoms with Crippen molar-refractivity contribution in [1.82, 2.24) is 4.98 Å². The van der Waals surface area contributed by atoms with Gasteiger partial charge in [0.05, 0.1) is 11.1 Å². The summed E-state index contributed by atoms with van der Waals surface area (Å²) >= 11 is 0. The van der Waals surface area contributed by atoms with E-state index in [1.807, 2.05) is 0 Å². The Morgan fingerprint density at radius 3 is 2.35 bits per heavy atom. The number of hydrogen-bond acceptors (Lipinski definition) is 6. The Labute approximate surface area is 93.4 Å². The maximum atomic E-state index is 12.4. The molecule has 4 N–H and O–H groups in total. The Bertz CT molecular complexity index is 574. The van der Waals surface area contributed by atoms with Gasteiger partial charge in [-0.15, -0.1) is 0 Å². The number of primary sulfonamides is 1. The average Bonchev–Trinajstić information content (AvgIpc) is 2.14. The van der Waals surface area contributed by atoms with Crippen LogP contribution in [-0.4, -0.2) is 18.3 Å². The van der Waals surface area contributed by atoms with Gasteiger partial charge in [0.1, 0.15) is 11.4 Å². The summed E-state index contributed by atoms with van der Waals surface area (Å²) in [5.74, 6) is 0. The summed E-state index contributed by atoms with van der Waals surface area (Å²) in [6.07, 6.45) is -2.78. The normalized spacial score (nSPS) is 11.8. The summed E-state index contributed by atoms with van der Waals surface area (Å²) in [5, 5.41) is 15.3. The van der Waals surface area contributed by atoms with Gasteiger partial charge >= 0.3 is 5.69 Å². The molecule has 0 aromatic carbocycles. The first kappa shape index (κ1) is 13.2. The minimum atomic E-state index is -4.47. The minimum Gasteiger partial charge on any atom is -0.391 e. The van der Waals surface area contributed by atoms with E-state index in [2.05, 4.69) is 10.1 Å². The number of aromatic nitrogens is 1. The van der Waals surface area contributed by atoms with Crippen molar-refractivity contribution in [1.29, 1.82) is 0 Å². The first-order valence-corrected chi connectivity index (χ1v) is 5.44. The zero-order chi connectivity index (χ0) is 13.4. The fourth-order valence-electron chi connectivity index (χ4n) is 1.08. The van der Waals surface area contributed by atoms with Gasteiger partial charge in [0.25, 0.3) is 6.43 Å². The Morgan fingerprint density at radius 1 is 1.47 bits per heavy atom. The second kappa shape index (κ2) is 4.18. The third kappa shape index (κ3) is 2.45. The summed E-state index contributed by atoms with van der Waals surface area (Å²) in [4.78, 5) is 11.4. The highest BCUT2D eigenvalue weighted by molar-refractivity contribution is 7.89. The van der Waals surface area contributed by atoms with E-state index in [-0.39, 0.29) is 0 Å². The van der Waals surface area contributed by atoms with E-state index >= 15 is 0 Å². The van der Waals surface area contributed by atoms with Crippen molar-refractivity contribution < 1.29 is 22.1 Å². The molecule has 0 aliphatic heterocycles. The van der Waals surface area contributed by atoms with Crippen LogP contribution in [0, 0.1) is 10.1 Å². The monoisotopic (exact) mass is 268 g/mol. The molecule has 0 saturated carbocycles. The number of sulfonamides is 1. The number of nitrogens with two attached hydrogens (primary N) is 2. The van der Waals surface area contributed by atoms with Gasteiger partial charge in [-0.25, -0.2) is 22.3 Å². The quantitative estimate of drug-likeness (QED) is 0.590. The van der Waals surface area contributed by atoms with Gasteiger partial charge in [-0.05, 0) is 0 Å². The smallest absolute Gasteiger partial charge is 0.315 e. The third-order valence-electron chi connectivity index (χ3n) is 1.78. The lowest BCUT2D eigenvalue weighted by Crippen LogP contribution is -2.17. The summed E-state index contributed by atoms with van der Waals surface area (Å²) in [6.45, 7) is 0. The van der Waals surface area contributed by atoms with E-state index < -0.39 is 43.3 Å². The Morgan fingerprint density at radius 2 is 2.00 bits per heavy atom. The molecule has 0 bridgehead atoms. The van der Waals surface area contributed by atoms with E-state index in [0.29, 0.717) is 6.20 Å². The van der Waals surface area contributed by atoms with Gasteiger partial charge in [0.15, 0.2) is 4.90 Å². The molecule has 0 spiro atoms. The van der Waals surface area contributed by atoms with E-state index in [1.54, 1.807) is 0 Å². The first-order valence-electron chi connectivity index (χ1n) is 3.90. The van der Waals surface area contributed by atoms with Crippen molar-refractivity contribution in [3.05, 3.63) is 22.0 Å². The minimum absolute atomic E-state index is 0.380. The lowest BCUT2D eigenvalue weighted by molar-refractivity contribution is -0.387. The predicted octanol–water partition coefficient (Wildman–Crippen LogP) is 0.157. The van der Waals surface area contributed by atoms with Gasteiger partial charge in [-0.1, -0.05) is 0 Å². The van der Waals surface area contributed by atoms with Crippen LogP contribution < -0.4 is 10.9 Å². The van der Waals surface area contributed by atoms with Crippen molar-refractivity contribution in [3.63, 3.8) is 0 Å². The molecule has 1 heterocycles. The van der Waals surface area contributed by atoms with Crippen LogP contribution in [0.3, 0.4) is 0 Å². The van der Waals surface area contributed by atoms with Crippen LogP contribution >= 0.6 is 0 Å². The zero-order valence-electron chi connectivity index (χ0n) is 8.00. The average molecular weight is 268 g/mol. The van der Waals surface area contributed by atoms with Crippen molar-refractivity contribution in [2.45, 2.75) is 11.3 Å². The van der Waals surface area contributed by atoms with Gasteiger partial charge in [0.2, 0.25) is 10.0 Å². The molecule has 0 fully saturated rings. The number of rotatable bonds is 3. The molecular weight excluding hydrogens is 262 g/mol. The molecule has 8 nitrogen and oxygen atoms in total. The number of anilines is 1. The number of pyridine rings is 1. The van der Waals surface area contributed by atoms with E-state index in [0.717, 1.165) is 0 Å². The van der Waals surface area contributed by atoms with Crippen LogP contribution in [0.15, 0.2) is 11.1 Å². The SMILES string of the molecule is Nc1c(C(F)F)ncc(S(N)(=O)=O)c1[N+](=O)[O-]. The largest absolute Gasteiger partial charge is 0.391 e. The maximum absolute atomic E-state index is 12.4. The topological polar surface area (TPSA) is 142 Å². The highest BCUT2D eigenvalue weighted by atomic mass is 32.2. The highest BCUT2D eigenvalue weighted by Crippen LogP contribution is 2.34. The third-order valence-corrected chi connectivity index (χ3v) is 2.69. The fourth-order valence-corrected chi connectivity index (χ4v) is 1.74. The highest BCUT2D eigenvalue weighted by Gasteiger charge is 2.31.